The molecule has 0 aromatic carbocycles. The Morgan fingerprint density at radius 1 is 0.538 bits per heavy atom. The largest absolute Gasteiger partial charge is 4.00 e. The van der Waals surface area contributed by atoms with Crippen LogP contribution in [-0.2, 0) is 40.2 Å². The summed E-state index contributed by atoms with van der Waals surface area (Å²) in [5.74, 6) is 0. The van der Waals surface area contributed by atoms with E-state index in [1.165, 1.54) is 0 Å². The molecule has 0 unspecified atom stereocenters. The third-order valence-corrected chi connectivity index (χ3v) is 0. The minimum absolute atomic E-state index is 0. The topological polar surface area (TPSA) is 149 Å². The van der Waals surface area contributed by atoms with Gasteiger partial charge in [-0.2, -0.15) is 0 Å². The second-order valence-electron chi connectivity index (χ2n) is 0.365. The third kappa shape index (κ3) is 379. The minimum atomic E-state index is 0. The minimum Gasteiger partial charge on any atom is -0.665 e. The van der Waals surface area contributed by atoms with E-state index in [-0.39, 0.29) is 21.1 Å². The van der Waals surface area contributed by atoms with Gasteiger partial charge in [-0.25, -0.2) is 0 Å². The zero-order valence-electron chi connectivity index (χ0n) is 5.83. The summed E-state index contributed by atoms with van der Waals surface area (Å²) in [6, 6.07) is 0. The molecule has 8 nitrogen and oxygen atoms in total. The van der Waals surface area contributed by atoms with Crippen LogP contribution in [0.1, 0.15) is 0 Å². The molecule has 4 N–H and O–H groups in total. The quantitative estimate of drug-likeness (QED) is 0.377. The van der Waals surface area contributed by atoms with Gasteiger partial charge in [-0.1, -0.05) is 25.9 Å². The van der Waals surface area contributed by atoms with Crippen molar-refractivity contribution in [3.05, 3.63) is 0 Å². The van der Waals surface area contributed by atoms with E-state index in [1.54, 1.807) is 0 Å². The van der Waals surface area contributed by atoms with Crippen molar-refractivity contribution in [3.8, 4) is 0 Å². The SMILES string of the molecule is O=[C-]O.O=[C-]O.O=[C-]O.O=[C-]O.[W+4]. The van der Waals surface area contributed by atoms with Gasteiger partial charge in [0.25, 0.3) is 0 Å². The van der Waals surface area contributed by atoms with Crippen LogP contribution in [0.2, 0.25) is 0 Å². The Bertz CT molecular complexity index is 70.1. The molecule has 0 aliphatic rings. The second-order valence-corrected chi connectivity index (χ2v) is 0.365. The molecular formula is C4H4O8W. The van der Waals surface area contributed by atoms with Crippen LogP contribution in [0.4, 0.5) is 0 Å². The fourth-order valence-corrected chi connectivity index (χ4v) is 0. The Balaban J connectivity index is -0.0000000213. The Morgan fingerprint density at radius 2 is 0.538 bits per heavy atom. The van der Waals surface area contributed by atoms with Gasteiger partial charge in [0.15, 0.2) is 0 Å². The summed E-state index contributed by atoms with van der Waals surface area (Å²) in [5.41, 5.74) is 0. The van der Waals surface area contributed by atoms with Crippen LogP contribution in [-0.4, -0.2) is 46.3 Å². The molecule has 13 heavy (non-hydrogen) atoms. The van der Waals surface area contributed by atoms with Gasteiger partial charge in [0.1, 0.15) is 0 Å². The molecular weight excluding hydrogens is 360 g/mol. The van der Waals surface area contributed by atoms with E-state index >= 15 is 0 Å². The average molecular weight is 364 g/mol. The number of aliphatic hydroxyl groups excluding tert-OH is 4. The van der Waals surface area contributed by atoms with Crippen molar-refractivity contribution in [1.82, 2.24) is 0 Å². The first-order valence-electron chi connectivity index (χ1n) is 1.71. The summed E-state index contributed by atoms with van der Waals surface area (Å²) in [5, 5.41) is 27.1. The molecule has 0 aromatic heterocycles. The van der Waals surface area contributed by atoms with E-state index < -0.39 is 0 Å². The summed E-state index contributed by atoms with van der Waals surface area (Å²) >= 11 is 0. The fourth-order valence-electron chi connectivity index (χ4n) is 0. The standard InChI is InChI=1S/4CHO2.W/c4*2-1-3;/h4*(H,2,3);/q4*-1;+4. The number of hydrogen-bond donors (Lipinski definition) is 4. The smallest absolute Gasteiger partial charge is 0.665 e. The van der Waals surface area contributed by atoms with E-state index in [9.17, 15) is 0 Å². The summed E-state index contributed by atoms with van der Waals surface area (Å²) < 4.78 is 0. The molecule has 0 aliphatic carbocycles. The van der Waals surface area contributed by atoms with Crippen molar-refractivity contribution in [2.45, 2.75) is 0 Å². The van der Waals surface area contributed by atoms with Crippen molar-refractivity contribution in [2.75, 3.05) is 0 Å². The normalized spacial score (nSPS) is 3.69. The molecule has 0 aliphatic heterocycles. The molecule has 0 saturated heterocycles. The molecule has 0 aromatic rings. The molecule has 0 saturated carbocycles. The van der Waals surface area contributed by atoms with Crippen molar-refractivity contribution >= 4 is 25.9 Å². The maximum atomic E-state index is 8.24. The first kappa shape index (κ1) is 29.9. The molecule has 0 radical (unpaired) electrons. The average Bonchev–Trinajstić information content (AvgIpc) is 1.92. The van der Waals surface area contributed by atoms with Crippen LogP contribution in [0, 0.1) is 0 Å². The first-order valence-corrected chi connectivity index (χ1v) is 1.71. The number of rotatable bonds is 0. The fraction of sp³-hybridized carbons (Fsp3) is 0. The van der Waals surface area contributed by atoms with Gasteiger partial charge < -0.3 is 39.6 Å². The molecule has 0 atom stereocenters. The van der Waals surface area contributed by atoms with Crippen molar-refractivity contribution in [2.24, 2.45) is 0 Å². The molecule has 0 fully saturated rings. The van der Waals surface area contributed by atoms with E-state index in [0.717, 1.165) is 0 Å². The van der Waals surface area contributed by atoms with Gasteiger partial charge >= 0.3 is 21.1 Å². The summed E-state index contributed by atoms with van der Waals surface area (Å²) in [6.45, 7) is 2.00. The summed E-state index contributed by atoms with van der Waals surface area (Å²) in [4.78, 5) is 32.9. The van der Waals surface area contributed by atoms with Gasteiger partial charge in [0.05, 0.1) is 0 Å². The second kappa shape index (κ2) is 147. The van der Waals surface area contributed by atoms with Crippen molar-refractivity contribution in [3.63, 3.8) is 0 Å². The van der Waals surface area contributed by atoms with E-state index in [2.05, 4.69) is 0 Å². The van der Waals surface area contributed by atoms with Crippen LogP contribution < -0.4 is 0 Å². The maximum Gasteiger partial charge on any atom is 4.00 e. The van der Waals surface area contributed by atoms with Crippen molar-refractivity contribution in [1.29, 1.82) is 0 Å². The van der Waals surface area contributed by atoms with Crippen LogP contribution in [0.15, 0.2) is 0 Å². The zero-order chi connectivity index (χ0) is 10.8. The van der Waals surface area contributed by atoms with Crippen molar-refractivity contribution < 1.29 is 60.7 Å². The molecule has 0 rings (SSSR count). The zero-order valence-corrected chi connectivity index (χ0v) is 8.76. The molecule has 0 heterocycles. The van der Waals surface area contributed by atoms with Crippen LogP contribution in [0.3, 0.4) is 0 Å². The van der Waals surface area contributed by atoms with Crippen LogP contribution in [0.25, 0.3) is 0 Å². The summed E-state index contributed by atoms with van der Waals surface area (Å²) in [6.07, 6.45) is 0. The Labute approximate surface area is 87.1 Å². The third-order valence-electron chi connectivity index (χ3n) is 0. The first-order chi connectivity index (χ1) is 5.66. The van der Waals surface area contributed by atoms with Crippen LogP contribution in [0.5, 0.6) is 0 Å². The molecule has 0 spiro atoms. The van der Waals surface area contributed by atoms with Gasteiger partial charge in [0.2, 0.25) is 0 Å². The van der Waals surface area contributed by atoms with Crippen LogP contribution >= 0.6 is 0 Å². The van der Waals surface area contributed by atoms with Gasteiger partial charge in [-0.05, 0) is 0 Å². The van der Waals surface area contributed by atoms with Gasteiger partial charge in [0, 0.05) is 0 Å². The van der Waals surface area contributed by atoms with Gasteiger partial charge in [-0.15, -0.1) is 0 Å². The molecule has 0 bridgehead atoms. The Morgan fingerprint density at radius 3 is 0.538 bits per heavy atom. The molecule has 0 amide bonds. The van der Waals surface area contributed by atoms with Gasteiger partial charge in [-0.3, -0.25) is 0 Å². The van der Waals surface area contributed by atoms with E-state index in [0.29, 0.717) is 25.9 Å². The maximum absolute atomic E-state index is 8.24. The van der Waals surface area contributed by atoms with E-state index in [1.807, 2.05) is 0 Å². The molecule has 9 heteroatoms. The van der Waals surface area contributed by atoms with E-state index in [4.69, 9.17) is 39.6 Å². The summed E-state index contributed by atoms with van der Waals surface area (Å²) in [7, 11) is 0. The Kier molecular flexibility index (Phi) is 338. The monoisotopic (exact) mass is 364 g/mol. The predicted octanol–water partition coefficient (Wildman–Crippen LogP) is -1.56. The Hall–Kier alpha value is -1.43. The molecule has 74 valence electrons. The number of hydrogen-bond acceptors (Lipinski definition) is 4. The predicted molar refractivity (Wildman–Crippen MR) is 33.3 cm³/mol.